The smallest absolute Gasteiger partial charge is 0.285 e. The minimum Gasteiger partial charge on any atom is -0.494 e. The molecule has 0 amide bonds. The highest BCUT2D eigenvalue weighted by atomic mass is 16.6. The standard InChI is InChI=1S/C25H19N5O5/c1-32-18-8-5-9-19-22(18)28-24(35-19)21-17(13-34-15-11-33-12-15)27-23-20(14-6-3-2-4-7-14)16(10-26)29-30(23)25(21)31/h2-9,15,29H,11-13H2,1H3. The Hall–Kier alpha value is -4.46. The molecule has 174 valence electrons. The summed E-state index contributed by atoms with van der Waals surface area (Å²) in [5, 5.41) is 12.7. The zero-order chi connectivity index (χ0) is 23.9. The molecule has 1 aliphatic rings. The lowest BCUT2D eigenvalue weighted by atomic mass is 10.1. The summed E-state index contributed by atoms with van der Waals surface area (Å²) >= 11 is 0. The van der Waals surface area contributed by atoms with E-state index in [4.69, 9.17) is 23.6 Å². The van der Waals surface area contributed by atoms with Crippen LogP contribution in [0.3, 0.4) is 0 Å². The molecule has 1 saturated heterocycles. The van der Waals surface area contributed by atoms with Crippen LogP contribution < -0.4 is 10.3 Å². The van der Waals surface area contributed by atoms with Gasteiger partial charge in [-0.1, -0.05) is 36.4 Å². The number of methoxy groups -OCH3 is 1. The highest BCUT2D eigenvalue weighted by Gasteiger charge is 2.27. The number of hydrogen-bond donors (Lipinski definition) is 1. The molecule has 1 aliphatic heterocycles. The Labute approximate surface area is 198 Å². The second kappa shape index (κ2) is 8.39. The maximum Gasteiger partial charge on any atom is 0.285 e. The Morgan fingerprint density at radius 3 is 2.69 bits per heavy atom. The zero-order valence-corrected chi connectivity index (χ0v) is 18.6. The van der Waals surface area contributed by atoms with E-state index in [2.05, 4.69) is 16.2 Å². The predicted molar refractivity (Wildman–Crippen MR) is 125 cm³/mol. The summed E-state index contributed by atoms with van der Waals surface area (Å²) in [6.07, 6.45) is -0.0821. The molecule has 0 aliphatic carbocycles. The first-order chi connectivity index (χ1) is 17.2. The van der Waals surface area contributed by atoms with E-state index >= 15 is 0 Å². The van der Waals surface area contributed by atoms with Crippen LogP contribution in [0.5, 0.6) is 5.75 Å². The summed E-state index contributed by atoms with van der Waals surface area (Å²) in [6, 6.07) is 16.7. The van der Waals surface area contributed by atoms with E-state index in [0.717, 1.165) is 5.56 Å². The van der Waals surface area contributed by atoms with Gasteiger partial charge in [-0.25, -0.2) is 9.97 Å². The van der Waals surface area contributed by atoms with Gasteiger partial charge < -0.3 is 18.6 Å². The van der Waals surface area contributed by atoms with E-state index in [9.17, 15) is 10.1 Å². The molecule has 10 nitrogen and oxygen atoms in total. The molecule has 0 unspecified atom stereocenters. The van der Waals surface area contributed by atoms with Crippen molar-refractivity contribution in [1.29, 1.82) is 5.26 Å². The van der Waals surface area contributed by atoms with E-state index in [1.165, 1.54) is 4.52 Å². The molecule has 1 fully saturated rings. The van der Waals surface area contributed by atoms with Crippen molar-refractivity contribution < 1.29 is 18.6 Å². The summed E-state index contributed by atoms with van der Waals surface area (Å²) in [4.78, 5) is 23.1. The third-order valence-electron chi connectivity index (χ3n) is 5.91. The van der Waals surface area contributed by atoms with Crippen molar-refractivity contribution in [3.63, 3.8) is 0 Å². The van der Waals surface area contributed by atoms with Crippen LogP contribution in [0.2, 0.25) is 0 Å². The van der Waals surface area contributed by atoms with Crippen LogP contribution in [0.4, 0.5) is 0 Å². The van der Waals surface area contributed by atoms with Gasteiger partial charge in [-0.15, -0.1) is 0 Å². The molecule has 35 heavy (non-hydrogen) atoms. The van der Waals surface area contributed by atoms with Crippen LogP contribution in [-0.2, 0) is 16.1 Å². The van der Waals surface area contributed by atoms with Crippen molar-refractivity contribution >= 4 is 16.7 Å². The van der Waals surface area contributed by atoms with Crippen LogP contribution in [0.15, 0.2) is 57.7 Å². The number of ether oxygens (including phenoxy) is 3. The number of oxazole rings is 1. The lowest BCUT2D eigenvalue weighted by Crippen LogP contribution is -2.36. The molecule has 1 N–H and O–H groups in total. The average Bonchev–Trinajstić information content (AvgIpc) is 3.45. The number of benzene rings is 2. The van der Waals surface area contributed by atoms with E-state index in [-0.39, 0.29) is 29.9 Å². The summed E-state index contributed by atoms with van der Waals surface area (Å²) in [7, 11) is 1.54. The second-order valence-electron chi connectivity index (χ2n) is 8.03. The van der Waals surface area contributed by atoms with Crippen LogP contribution in [0, 0.1) is 11.3 Å². The molecule has 5 aromatic rings. The van der Waals surface area contributed by atoms with Gasteiger partial charge in [-0.2, -0.15) is 9.78 Å². The Kier molecular flexibility index (Phi) is 5.06. The molecule has 0 spiro atoms. The van der Waals surface area contributed by atoms with Gasteiger partial charge in [-0.3, -0.25) is 9.89 Å². The number of hydrogen-bond acceptors (Lipinski definition) is 8. The maximum atomic E-state index is 13.8. The van der Waals surface area contributed by atoms with Crippen molar-refractivity contribution in [3.8, 4) is 34.4 Å². The zero-order valence-electron chi connectivity index (χ0n) is 18.6. The highest BCUT2D eigenvalue weighted by Crippen LogP contribution is 2.32. The SMILES string of the molecule is COc1cccc2oc(-c3c(COC4COC4)nc4c(-c5ccccc5)c(C#N)[nH]n4c3=O)nc12. The van der Waals surface area contributed by atoms with E-state index in [1.54, 1.807) is 25.3 Å². The molecule has 0 radical (unpaired) electrons. The predicted octanol–water partition coefficient (Wildman–Crippen LogP) is 3.29. The van der Waals surface area contributed by atoms with Gasteiger partial charge >= 0.3 is 0 Å². The Bertz CT molecular complexity index is 1660. The molecular weight excluding hydrogens is 450 g/mol. The fraction of sp³-hybridized carbons (Fsp3) is 0.200. The molecule has 4 heterocycles. The normalized spacial score (nSPS) is 13.7. The number of para-hydroxylation sites is 1. The molecule has 0 saturated carbocycles. The topological polar surface area (TPSA) is 128 Å². The number of nitriles is 1. The molecule has 10 heteroatoms. The monoisotopic (exact) mass is 469 g/mol. The Morgan fingerprint density at radius 1 is 1.14 bits per heavy atom. The Morgan fingerprint density at radius 2 is 1.97 bits per heavy atom. The Balaban J connectivity index is 1.60. The third-order valence-corrected chi connectivity index (χ3v) is 5.91. The lowest BCUT2D eigenvalue weighted by Gasteiger charge is -2.25. The molecule has 0 bridgehead atoms. The number of nitrogens with zero attached hydrogens (tertiary/aromatic N) is 4. The van der Waals surface area contributed by atoms with Crippen molar-refractivity contribution in [3.05, 3.63) is 70.3 Å². The van der Waals surface area contributed by atoms with Crippen LogP contribution in [-0.4, -0.2) is 46.0 Å². The van der Waals surface area contributed by atoms with Gasteiger partial charge in [0.2, 0.25) is 5.89 Å². The average molecular weight is 469 g/mol. The molecule has 3 aromatic heterocycles. The summed E-state index contributed by atoms with van der Waals surface area (Å²) in [5.74, 6) is 0.614. The molecule has 2 aromatic carbocycles. The van der Waals surface area contributed by atoms with E-state index < -0.39 is 5.56 Å². The summed E-state index contributed by atoms with van der Waals surface area (Å²) in [6.45, 7) is 1.01. The van der Waals surface area contributed by atoms with Crippen LogP contribution in [0.25, 0.3) is 39.3 Å². The number of H-pyrrole nitrogens is 1. The van der Waals surface area contributed by atoms with Gasteiger partial charge in [-0.05, 0) is 17.7 Å². The highest BCUT2D eigenvalue weighted by molar-refractivity contribution is 5.84. The van der Waals surface area contributed by atoms with Crippen LogP contribution in [0.1, 0.15) is 11.4 Å². The minimum atomic E-state index is -0.456. The first kappa shape index (κ1) is 21.1. The van der Waals surface area contributed by atoms with Crippen molar-refractivity contribution in [1.82, 2.24) is 19.6 Å². The number of aromatic amines is 1. The number of nitrogens with one attached hydrogen (secondary N) is 1. The lowest BCUT2D eigenvalue weighted by molar-refractivity contribution is -0.135. The van der Waals surface area contributed by atoms with E-state index in [0.29, 0.717) is 47.0 Å². The van der Waals surface area contributed by atoms with Gasteiger partial charge in [0.1, 0.15) is 29.2 Å². The fourth-order valence-corrected chi connectivity index (χ4v) is 4.10. The second-order valence-corrected chi connectivity index (χ2v) is 8.03. The van der Waals surface area contributed by atoms with Gasteiger partial charge in [0.25, 0.3) is 5.56 Å². The number of aromatic nitrogens is 4. The van der Waals surface area contributed by atoms with E-state index in [1.807, 2.05) is 30.3 Å². The molecule has 6 rings (SSSR count). The van der Waals surface area contributed by atoms with Crippen LogP contribution >= 0.6 is 0 Å². The minimum absolute atomic E-state index is 0.0479. The largest absolute Gasteiger partial charge is 0.494 e. The number of fused-ring (bicyclic) bond motifs is 2. The summed E-state index contributed by atoms with van der Waals surface area (Å²) < 4.78 is 23.7. The van der Waals surface area contributed by atoms with Crippen molar-refractivity contribution in [2.45, 2.75) is 12.7 Å². The van der Waals surface area contributed by atoms with Gasteiger partial charge in [0.05, 0.1) is 38.2 Å². The van der Waals surface area contributed by atoms with Gasteiger partial charge in [0.15, 0.2) is 16.7 Å². The first-order valence-electron chi connectivity index (χ1n) is 10.9. The fourth-order valence-electron chi connectivity index (χ4n) is 4.10. The van der Waals surface area contributed by atoms with Crippen molar-refractivity contribution in [2.24, 2.45) is 0 Å². The van der Waals surface area contributed by atoms with Crippen molar-refractivity contribution in [2.75, 3.05) is 20.3 Å². The van der Waals surface area contributed by atoms with Gasteiger partial charge in [0, 0.05) is 0 Å². The molecular formula is C25H19N5O5. The third kappa shape index (κ3) is 3.45. The number of rotatable bonds is 6. The first-order valence-corrected chi connectivity index (χ1v) is 10.9. The molecule has 0 atom stereocenters. The quantitative estimate of drug-likeness (QED) is 0.401. The summed E-state index contributed by atoms with van der Waals surface area (Å²) in [5.41, 5.74) is 2.83. The maximum absolute atomic E-state index is 13.8.